The fraction of sp³-hybridized carbons (Fsp3) is 0.120. The molecule has 0 saturated heterocycles. The lowest BCUT2D eigenvalue weighted by Crippen LogP contribution is -2.32. The van der Waals surface area contributed by atoms with Gasteiger partial charge in [-0.1, -0.05) is 72.8 Å². The van der Waals surface area contributed by atoms with Gasteiger partial charge < -0.3 is 4.90 Å². The van der Waals surface area contributed by atoms with Crippen molar-refractivity contribution in [1.29, 1.82) is 5.26 Å². The second kappa shape index (κ2) is 9.34. The Bertz CT molecular complexity index is 968. The molecule has 0 spiro atoms. The molecular weight excluding hydrogens is 344 g/mol. The van der Waals surface area contributed by atoms with Crippen molar-refractivity contribution in [2.45, 2.75) is 13.0 Å². The van der Waals surface area contributed by atoms with Crippen molar-refractivity contribution < 1.29 is 4.79 Å². The van der Waals surface area contributed by atoms with Gasteiger partial charge in [-0.25, -0.2) is 0 Å². The van der Waals surface area contributed by atoms with E-state index in [4.69, 9.17) is 5.26 Å². The minimum Gasteiger partial charge on any atom is -0.334 e. The molecule has 3 rings (SSSR count). The van der Waals surface area contributed by atoms with Crippen molar-refractivity contribution in [3.05, 3.63) is 108 Å². The van der Waals surface area contributed by atoms with Crippen LogP contribution in [0.5, 0.6) is 0 Å². The zero-order valence-corrected chi connectivity index (χ0v) is 15.7. The summed E-state index contributed by atoms with van der Waals surface area (Å²) in [6, 6.07) is 27.7. The summed E-state index contributed by atoms with van der Waals surface area (Å²) in [5.41, 5.74) is 4.89. The average molecular weight is 366 g/mol. The van der Waals surface area contributed by atoms with E-state index in [0.717, 1.165) is 22.3 Å². The van der Waals surface area contributed by atoms with Gasteiger partial charge in [0.1, 0.15) is 0 Å². The van der Waals surface area contributed by atoms with E-state index in [1.165, 1.54) is 0 Å². The number of nitriles is 1. The molecule has 3 aromatic rings. The minimum absolute atomic E-state index is 0.0525. The fourth-order valence-corrected chi connectivity index (χ4v) is 3.05. The highest BCUT2D eigenvalue weighted by atomic mass is 16.2. The lowest BCUT2D eigenvalue weighted by molar-refractivity contribution is -0.130. The molecule has 0 saturated carbocycles. The first-order chi connectivity index (χ1) is 13.7. The molecule has 1 amide bonds. The van der Waals surface area contributed by atoms with Gasteiger partial charge in [0.05, 0.1) is 18.1 Å². The highest BCUT2D eigenvalue weighted by Crippen LogP contribution is 2.20. The summed E-state index contributed by atoms with van der Waals surface area (Å²) in [5.74, 6) is 0.0525. The van der Waals surface area contributed by atoms with Crippen LogP contribution in [0.4, 0.5) is 0 Å². The lowest BCUT2D eigenvalue weighted by Gasteiger charge is -2.21. The molecule has 28 heavy (non-hydrogen) atoms. The van der Waals surface area contributed by atoms with E-state index >= 15 is 0 Å². The van der Waals surface area contributed by atoms with E-state index in [1.54, 1.807) is 23.1 Å². The number of nitrogens with zero attached hydrogens (tertiary/aromatic N) is 2. The van der Waals surface area contributed by atoms with E-state index in [0.29, 0.717) is 25.1 Å². The molecule has 0 N–H and O–H groups in total. The van der Waals surface area contributed by atoms with Crippen LogP contribution in [-0.4, -0.2) is 17.4 Å². The van der Waals surface area contributed by atoms with E-state index in [-0.39, 0.29) is 5.91 Å². The van der Waals surface area contributed by atoms with Gasteiger partial charge in [-0.2, -0.15) is 5.26 Å². The Morgan fingerprint density at radius 2 is 1.50 bits per heavy atom. The third-order valence-corrected chi connectivity index (χ3v) is 4.58. The van der Waals surface area contributed by atoms with Crippen LogP contribution in [-0.2, 0) is 17.8 Å². The smallest absolute Gasteiger partial charge is 0.227 e. The van der Waals surface area contributed by atoms with Gasteiger partial charge in [-0.05, 0) is 34.4 Å². The summed E-state index contributed by atoms with van der Waals surface area (Å²) in [5, 5.41) is 8.91. The maximum absolute atomic E-state index is 12.8. The SMILES string of the molecule is C=CCN(Cc1ccc(C#N)cc1)C(=O)Cc1ccc(-c2ccccc2)cc1. The van der Waals surface area contributed by atoms with Crippen molar-refractivity contribution >= 4 is 5.91 Å². The van der Waals surface area contributed by atoms with Gasteiger partial charge in [-0.3, -0.25) is 4.79 Å². The van der Waals surface area contributed by atoms with Crippen LogP contribution in [0.25, 0.3) is 11.1 Å². The van der Waals surface area contributed by atoms with Crippen LogP contribution in [0.1, 0.15) is 16.7 Å². The van der Waals surface area contributed by atoms with Crippen molar-refractivity contribution in [2.24, 2.45) is 0 Å². The number of amides is 1. The lowest BCUT2D eigenvalue weighted by atomic mass is 10.0. The average Bonchev–Trinajstić information content (AvgIpc) is 2.75. The molecule has 0 radical (unpaired) electrons. The predicted octanol–water partition coefficient (Wildman–Crippen LogP) is 4.98. The third-order valence-electron chi connectivity index (χ3n) is 4.58. The van der Waals surface area contributed by atoms with Crippen LogP contribution in [0.2, 0.25) is 0 Å². The van der Waals surface area contributed by atoms with Crippen molar-refractivity contribution in [3.63, 3.8) is 0 Å². The molecule has 138 valence electrons. The molecule has 0 unspecified atom stereocenters. The standard InChI is InChI=1S/C25H22N2O/c1-2-16-27(19-22-10-8-21(18-26)9-11-22)25(28)17-20-12-14-24(15-13-20)23-6-4-3-5-7-23/h2-15H,1,16-17,19H2. The van der Waals surface area contributed by atoms with Crippen molar-refractivity contribution in [1.82, 2.24) is 4.90 Å². The van der Waals surface area contributed by atoms with Crippen LogP contribution in [0.15, 0.2) is 91.5 Å². The van der Waals surface area contributed by atoms with Gasteiger partial charge in [0.25, 0.3) is 0 Å². The second-order valence-corrected chi connectivity index (χ2v) is 6.61. The Labute approximate surface area is 166 Å². The molecule has 0 aliphatic heterocycles. The largest absolute Gasteiger partial charge is 0.334 e. The summed E-state index contributed by atoms with van der Waals surface area (Å²) < 4.78 is 0. The van der Waals surface area contributed by atoms with Crippen LogP contribution < -0.4 is 0 Å². The first-order valence-electron chi connectivity index (χ1n) is 9.21. The summed E-state index contributed by atoms with van der Waals surface area (Å²) >= 11 is 0. The number of carbonyl (C=O) groups is 1. The zero-order chi connectivity index (χ0) is 19.8. The van der Waals surface area contributed by atoms with Gasteiger partial charge in [0, 0.05) is 13.1 Å². The first-order valence-corrected chi connectivity index (χ1v) is 9.21. The quantitative estimate of drug-likeness (QED) is 0.553. The topological polar surface area (TPSA) is 44.1 Å². The maximum Gasteiger partial charge on any atom is 0.227 e. The van der Waals surface area contributed by atoms with Crippen LogP contribution in [0, 0.1) is 11.3 Å². The molecule has 0 heterocycles. The zero-order valence-electron chi connectivity index (χ0n) is 15.7. The molecule has 0 aromatic heterocycles. The Balaban J connectivity index is 1.68. The van der Waals surface area contributed by atoms with Gasteiger partial charge >= 0.3 is 0 Å². The summed E-state index contributed by atoms with van der Waals surface area (Å²) in [7, 11) is 0. The number of benzene rings is 3. The number of rotatable bonds is 7. The summed E-state index contributed by atoms with van der Waals surface area (Å²) in [4.78, 5) is 14.6. The van der Waals surface area contributed by atoms with Gasteiger partial charge in [0.2, 0.25) is 5.91 Å². The Morgan fingerprint density at radius 1 is 0.893 bits per heavy atom. The van der Waals surface area contributed by atoms with Gasteiger partial charge in [-0.15, -0.1) is 6.58 Å². The summed E-state index contributed by atoms with van der Waals surface area (Å²) in [6.07, 6.45) is 2.08. The highest BCUT2D eigenvalue weighted by molar-refractivity contribution is 5.79. The second-order valence-electron chi connectivity index (χ2n) is 6.61. The first kappa shape index (κ1) is 19.1. The molecule has 0 aliphatic rings. The molecule has 0 fully saturated rings. The molecule has 0 atom stereocenters. The van der Waals surface area contributed by atoms with E-state index in [9.17, 15) is 4.79 Å². The molecule has 3 nitrogen and oxygen atoms in total. The monoisotopic (exact) mass is 366 g/mol. The van der Waals surface area contributed by atoms with Crippen LogP contribution >= 0.6 is 0 Å². The van der Waals surface area contributed by atoms with Gasteiger partial charge in [0.15, 0.2) is 0 Å². The normalized spacial score (nSPS) is 10.1. The Hall–Kier alpha value is -3.64. The number of hydrogen-bond donors (Lipinski definition) is 0. The van der Waals surface area contributed by atoms with E-state index < -0.39 is 0 Å². The molecule has 0 bridgehead atoms. The molecule has 3 aromatic carbocycles. The third kappa shape index (κ3) is 4.96. The molecule has 0 aliphatic carbocycles. The molecular formula is C25H22N2O. The molecule has 3 heteroatoms. The van der Waals surface area contributed by atoms with Crippen LogP contribution in [0.3, 0.4) is 0 Å². The Kier molecular flexibility index (Phi) is 6.38. The highest BCUT2D eigenvalue weighted by Gasteiger charge is 2.13. The number of hydrogen-bond acceptors (Lipinski definition) is 2. The fourth-order valence-electron chi connectivity index (χ4n) is 3.05. The predicted molar refractivity (Wildman–Crippen MR) is 112 cm³/mol. The van der Waals surface area contributed by atoms with Crippen molar-refractivity contribution in [3.8, 4) is 17.2 Å². The minimum atomic E-state index is 0.0525. The summed E-state index contributed by atoms with van der Waals surface area (Å²) in [6.45, 7) is 4.75. The van der Waals surface area contributed by atoms with E-state index in [2.05, 4.69) is 36.9 Å². The number of carbonyl (C=O) groups excluding carboxylic acids is 1. The van der Waals surface area contributed by atoms with E-state index in [1.807, 2.05) is 42.5 Å². The van der Waals surface area contributed by atoms with Crippen molar-refractivity contribution in [2.75, 3.05) is 6.54 Å². The maximum atomic E-state index is 12.8. The Morgan fingerprint density at radius 3 is 2.11 bits per heavy atom.